The molecule has 0 aromatic heterocycles. The first kappa shape index (κ1) is 26.5. The number of rotatable bonds is 7. The fourth-order valence-corrected chi connectivity index (χ4v) is 3.51. The number of carbonyl (C=O) groups excluding carboxylic acids is 3. The van der Waals surface area contributed by atoms with E-state index in [1.54, 1.807) is 25.7 Å². The number of hydrogen-bond donors (Lipinski definition) is 2. The first-order valence-electron chi connectivity index (χ1n) is 11.6. The molecule has 3 amide bonds. The highest BCUT2D eigenvalue weighted by Crippen LogP contribution is 2.24. The molecule has 1 fully saturated rings. The molecule has 0 radical (unpaired) electrons. The van der Waals surface area contributed by atoms with Crippen LogP contribution in [-0.2, 0) is 19.7 Å². The quantitative estimate of drug-likeness (QED) is 0.608. The number of ether oxygens (including phenoxy) is 2. The lowest BCUT2D eigenvalue weighted by Gasteiger charge is -2.32. The van der Waals surface area contributed by atoms with E-state index in [9.17, 15) is 14.4 Å². The second kappa shape index (κ2) is 11.4. The van der Waals surface area contributed by atoms with Crippen molar-refractivity contribution >= 4 is 17.9 Å². The molecular weight excluding hydrogens is 422 g/mol. The van der Waals surface area contributed by atoms with E-state index in [-0.39, 0.29) is 36.3 Å². The minimum atomic E-state index is -0.564. The molecule has 1 heterocycles. The Bertz CT molecular complexity index is 809. The van der Waals surface area contributed by atoms with E-state index in [4.69, 9.17) is 9.47 Å². The third kappa shape index (κ3) is 9.32. The van der Waals surface area contributed by atoms with Crippen molar-refractivity contribution in [1.29, 1.82) is 0 Å². The van der Waals surface area contributed by atoms with Crippen molar-refractivity contribution in [1.82, 2.24) is 15.5 Å². The van der Waals surface area contributed by atoms with E-state index in [1.165, 1.54) is 5.56 Å². The van der Waals surface area contributed by atoms with Gasteiger partial charge in [0.2, 0.25) is 5.91 Å². The van der Waals surface area contributed by atoms with Crippen LogP contribution in [0.15, 0.2) is 24.3 Å². The van der Waals surface area contributed by atoms with E-state index in [0.717, 1.165) is 12.8 Å². The molecule has 0 bridgehead atoms. The first-order valence-corrected chi connectivity index (χ1v) is 11.6. The van der Waals surface area contributed by atoms with Crippen LogP contribution in [0.4, 0.5) is 4.79 Å². The van der Waals surface area contributed by atoms with Crippen molar-refractivity contribution < 1.29 is 23.9 Å². The maximum Gasteiger partial charge on any atom is 0.407 e. The molecule has 184 valence electrons. The van der Waals surface area contributed by atoms with Crippen molar-refractivity contribution in [3.63, 3.8) is 0 Å². The first-order chi connectivity index (χ1) is 15.3. The molecule has 2 N–H and O–H groups in total. The molecule has 1 saturated heterocycles. The predicted molar refractivity (Wildman–Crippen MR) is 127 cm³/mol. The number of hydrogen-bond acceptors (Lipinski definition) is 5. The van der Waals surface area contributed by atoms with Crippen molar-refractivity contribution in [3.8, 4) is 5.75 Å². The number of amides is 3. The fourth-order valence-electron chi connectivity index (χ4n) is 3.51. The summed E-state index contributed by atoms with van der Waals surface area (Å²) in [6.45, 7) is 13.3. The second-order valence-corrected chi connectivity index (χ2v) is 10.5. The summed E-state index contributed by atoms with van der Waals surface area (Å²) in [7, 11) is 0. The molecule has 0 spiro atoms. The Labute approximate surface area is 197 Å². The van der Waals surface area contributed by atoms with Crippen LogP contribution >= 0.6 is 0 Å². The van der Waals surface area contributed by atoms with Crippen LogP contribution in [-0.4, -0.2) is 61.2 Å². The molecule has 1 aliphatic rings. The summed E-state index contributed by atoms with van der Waals surface area (Å²) < 4.78 is 10.8. The lowest BCUT2D eigenvalue weighted by molar-refractivity contribution is -0.137. The van der Waals surface area contributed by atoms with Gasteiger partial charge in [0.25, 0.3) is 5.91 Å². The van der Waals surface area contributed by atoms with Crippen LogP contribution < -0.4 is 15.4 Å². The Balaban J connectivity index is 1.73. The Morgan fingerprint density at radius 1 is 1.00 bits per heavy atom. The molecule has 0 saturated carbocycles. The summed E-state index contributed by atoms with van der Waals surface area (Å²) in [6, 6.07) is 7.79. The summed E-state index contributed by atoms with van der Waals surface area (Å²) in [5.41, 5.74) is 0.696. The van der Waals surface area contributed by atoms with Gasteiger partial charge in [0, 0.05) is 26.2 Å². The monoisotopic (exact) mass is 461 g/mol. The molecule has 1 aromatic rings. The van der Waals surface area contributed by atoms with Gasteiger partial charge in [-0.3, -0.25) is 9.59 Å². The molecule has 1 unspecified atom stereocenters. The Kier molecular flexibility index (Phi) is 9.14. The molecule has 33 heavy (non-hydrogen) atoms. The molecular formula is C25H39N3O5. The van der Waals surface area contributed by atoms with Crippen molar-refractivity contribution in [2.75, 3.05) is 32.8 Å². The zero-order chi connectivity index (χ0) is 24.6. The van der Waals surface area contributed by atoms with E-state index >= 15 is 0 Å². The Hall–Kier alpha value is -2.77. The summed E-state index contributed by atoms with van der Waals surface area (Å²) in [5, 5.41) is 5.44. The highest BCUT2D eigenvalue weighted by molar-refractivity contribution is 5.82. The van der Waals surface area contributed by atoms with Crippen molar-refractivity contribution in [2.24, 2.45) is 5.92 Å². The van der Waals surface area contributed by atoms with Gasteiger partial charge >= 0.3 is 6.09 Å². The maximum absolute atomic E-state index is 12.6. The van der Waals surface area contributed by atoms with Crippen molar-refractivity contribution in [3.05, 3.63) is 29.8 Å². The van der Waals surface area contributed by atoms with Gasteiger partial charge in [-0.1, -0.05) is 32.9 Å². The number of carbonyl (C=O) groups is 3. The molecule has 8 nitrogen and oxygen atoms in total. The average Bonchev–Trinajstić information content (AvgIpc) is 2.73. The summed E-state index contributed by atoms with van der Waals surface area (Å²) in [4.78, 5) is 38.5. The average molecular weight is 462 g/mol. The van der Waals surface area contributed by atoms with E-state index in [1.807, 2.05) is 24.3 Å². The normalized spacial score (nSPS) is 16.7. The molecule has 1 atom stereocenters. The van der Waals surface area contributed by atoms with Crippen LogP contribution in [0.5, 0.6) is 5.75 Å². The van der Waals surface area contributed by atoms with Crippen LogP contribution in [0.1, 0.15) is 59.9 Å². The van der Waals surface area contributed by atoms with Gasteiger partial charge in [0.05, 0.1) is 5.92 Å². The molecule has 8 heteroatoms. The Morgan fingerprint density at radius 2 is 1.64 bits per heavy atom. The topological polar surface area (TPSA) is 97.0 Å². The van der Waals surface area contributed by atoms with Crippen LogP contribution in [0.3, 0.4) is 0 Å². The number of nitrogens with one attached hydrogen (secondary N) is 2. The highest BCUT2D eigenvalue weighted by atomic mass is 16.6. The van der Waals surface area contributed by atoms with Gasteiger partial charge in [0.15, 0.2) is 6.61 Å². The summed E-state index contributed by atoms with van der Waals surface area (Å²) in [5.74, 6) is 0.145. The van der Waals surface area contributed by atoms with Crippen LogP contribution in [0.25, 0.3) is 0 Å². The van der Waals surface area contributed by atoms with E-state index in [2.05, 4.69) is 31.4 Å². The minimum Gasteiger partial charge on any atom is -0.484 e. The molecule has 1 aliphatic heterocycles. The Morgan fingerprint density at radius 3 is 2.24 bits per heavy atom. The van der Waals surface area contributed by atoms with Gasteiger partial charge in [0.1, 0.15) is 11.4 Å². The van der Waals surface area contributed by atoms with Crippen LogP contribution in [0.2, 0.25) is 0 Å². The highest BCUT2D eigenvalue weighted by Gasteiger charge is 2.28. The zero-order valence-corrected chi connectivity index (χ0v) is 20.8. The predicted octanol–water partition coefficient (Wildman–Crippen LogP) is 3.24. The summed E-state index contributed by atoms with van der Waals surface area (Å²) >= 11 is 0. The standard InChI is InChI=1S/C25H39N3O5/c1-24(2,3)19-9-11-20(12-10-19)32-17-21(29)28-15-7-8-18(16-28)22(30)26-13-14-27-23(31)33-25(4,5)6/h9-12,18H,7-8,13-17H2,1-6H3,(H,26,30)(H,27,31). The third-order valence-electron chi connectivity index (χ3n) is 5.32. The molecule has 0 aliphatic carbocycles. The van der Waals surface area contributed by atoms with Gasteiger partial charge in [-0.25, -0.2) is 4.79 Å². The summed E-state index contributed by atoms with van der Waals surface area (Å²) in [6.07, 6.45) is 0.976. The fraction of sp³-hybridized carbons (Fsp3) is 0.640. The lowest BCUT2D eigenvalue weighted by atomic mass is 9.87. The SMILES string of the molecule is CC(C)(C)OC(=O)NCCNC(=O)C1CCCN(C(=O)COc2ccc(C(C)(C)C)cc2)C1. The largest absolute Gasteiger partial charge is 0.484 e. The van der Waals surface area contributed by atoms with Crippen LogP contribution in [0, 0.1) is 5.92 Å². The smallest absolute Gasteiger partial charge is 0.407 e. The number of nitrogens with zero attached hydrogens (tertiary/aromatic N) is 1. The third-order valence-corrected chi connectivity index (χ3v) is 5.32. The number of alkyl carbamates (subject to hydrolysis) is 1. The molecule has 1 aromatic carbocycles. The second-order valence-electron chi connectivity index (χ2n) is 10.5. The lowest BCUT2D eigenvalue weighted by Crippen LogP contribution is -2.47. The number of likely N-dealkylation sites (tertiary alicyclic amines) is 1. The number of benzene rings is 1. The van der Waals surface area contributed by atoms with Gasteiger partial charge in [-0.15, -0.1) is 0 Å². The van der Waals surface area contributed by atoms with E-state index < -0.39 is 11.7 Å². The maximum atomic E-state index is 12.6. The van der Waals surface area contributed by atoms with Gasteiger partial charge in [-0.05, 0) is 56.7 Å². The van der Waals surface area contributed by atoms with E-state index in [0.29, 0.717) is 25.4 Å². The molecule has 2 rings (SSSR count). The van der Waals surface area contributed by atoms with Gasteiger partial charge < -0.3 is 25.0 Å². The minimum absolute atomic E-state index is 0.0526. The number of piperidine rings is 1. The van der Waals surface area contributed by atoms with Gasteiger partial charge in [-0.2, -0.15) is 0 Å². The zero-order valence-electron chi connectivity index (χ0n) is 20.8. The van der Waals surface area contributed by atoms with Crippen molar-refractivity contribution in [2.45, 2.75) is 65.4 Å².